The van der Waals surface area contributed by atoms with Crippen molar-refractivity contribution >= 4 is 15.9 Å². The van der Waals surface area contributed by atoms with Crippen LogP contribution in [0.4, 0.5) is 0 Å². The molecule has 0 fully saturated rings. The van der Waals surface area contributed by atoms with E-state index in [0.717, 1.165) is 41.7 Å². The minimum Gasteiger partial charge on any atom is -0.494 e. The molecular weight excluding hydrogens is 356 g/mol. The molecular formula is C18H17BrN2O2. The second-order valence-corrected chi connectivity index (χ2v) is 5.84. The molecule has 0 atom stereocenters. The summed E-state index contributed by atoms with van der Waals surface area (Å²) in [5.41, 5.74) is 1.80. The number of hydrogen-bond acceptors (Lipinski definition) is 4. The Balaban J connectivity index is 1.67. The first kappa shape index (κ1) is 15.7. The van der Waals surface area contributed by atoms with Crippen LogP contribution in [0.1, 0.15) is 12.8 Å². The van der Waals surface area contributed by atoms with Crippen LogP contribution in [0.3, 0.4) is 0 Å². The third kappa shape index (κ3) is 4.20. The molecule has 0 unspecified atom stereocenters. The Bertz CT molecular complexity index is 726. The summed E-state index contributed by atoms with van der Waals surface area (Å²) in [6.45, 7) is 0.726. The molecule has 5 heteroatoms. The zero-order valence-corrected chi connectivity index (χ0v) is 14.2. The molecule has 1 aromatic heterocycles. The van der Waals surface area contributed by atoms with E-state index in [4.69, 9.17) is 9.15 Å². The van der Waals surface area contributed by atoms with Gasteiger partial charge in [0.05, 0.1) is 6.61 Å². The van der Waals surface area contributed by atoms with Gasteiger partial charge in [-0.1, -0.05) is 34.1 Å². The van der Waals surface area contributed by atoms with Crippen molar-refractivity contribution in [3.63, 3.8) is 0 Å². The second kappa shape index (κ2) is 7.92. The monoisotopic (exact) mass is 372 g/mol. The van der Waals surface area contributed by atoms with Gasteiger partial charge in [-0.3, -0.25) is 0 Å². The van der Waals surface area contributed by atoms with E-state index < -0.39 is 0 Å². The zero-order chi connectivity index (χ0) is 15.9. The zero-order valence-electron chi connectivity index (χ0n) is 12.6. The fourth-order valence-corrected chi connectivity index (χ4v) is 2.51. The number of alkyl halides is 1. The summed E-state index contributed by atoms with van der Waals surface area (Å²) >= 11 is 3.41. The third-order valence-electron chi connectivity index (χ3n) is 3.34. The van der Waals surface area contributed by atoms with Crippen LogP contribution in [-0.2, 0) is 0 Å². The van der Waals surface area contributed by atoms with Crippen LogP contribution >= 0.6 is 15.9 Å². The second-order valence-electron chi connectivity index (χ2n) is 5.05. The Morgan fingerprint density at radius 1 is 0.826 bits per heavy atom. The first-order valence-electron chi connectivity index (χ1n) is 7.55. The van der Waals surface area contributed by atoms with E-state index >= 15 is 0 Å². The number of aromatic nitrogens is 2. The molecule has 3 aromatic rings. The van der Waals surface area contributed by atoms with Crippen LogP contribution in [0.15, 0.2) is 59.0 Å². The normalized spacial score (nSPS) is 10.7. The molecule has 0 aliphatic carbocycles. The van der Waals surface area contributed by atoms with E-state index in [1.807, 2.05) is 54.6 Å². The van der Waals surface area contributed by atoms with Gasteiger partial charge in [-0.25, -0.2) is 0 Å². The van der Waals surface area contributed by atoms with Gasteiger partial charge in [-0.2, -0.15) is 0 Å². The van der Waals surface area contributed by atoms with Gasteiger partial charge in [0.15, 0.2) is 0 Å². The summed E-state index contributed by atoms with van der Waals surface area (Å²) in [5.74, 6) is 1.89. The van der Waals surface area contributed by atoms with Crippen LogP contribution in [0.5, 0.6) is 5.75 Å². The van der Waals surface area contributed by atoms with E-state index in [0.29, 0.717) is 11.8 Å². The molecule has 3 rings (SSSR count). The van der Waals surface area contributed by atoms with Crippen LogP contribution < -0.4 is 4.74 Å². The Morgan fingerprint density at radius 2 is 1.48 bits per heavy atom. The number of ether oxygens (including phenoxy) is 1. The third-order valence-corrected chi connectivity index (χ3v) is 3.90. The van der Waals surface area contributed by atoms with Crippen molar-refractivity contribution < 1.29 is 9.15 Å². The molecule has 0 saturated carbocycles. The number of halogens is 1. The van der Waals surface area contributed by atoms with Crippen molar-refractivity contribution in [1.29, 1.82) is 0 Å². The minimum absolute atomic E-state index is 0.509. The van der Waals surface area contributed by atoms with Crippen LogP contribution in [-0.4, -0.2) is 22.1 Å². The molecule has 0 N–H and O–H groups in total. The first-order chi connectivity index (χ1) is 11.4. The molecule has 1 heterocycles. The number of nitrogens with zero attached hydrogens (tertiary/aromatic N) is 2. The van der Waals surface area contributed by atoms with E-state index in [-0.39, 0.29) is 0 Å². The minimum atomic E-state index is 0.509. The molecule has 0 amide bonds. The van der Waals surface area contributed by atoms with E-state index in [1.165, 1.54) is 0 Å². The molecule has 2 aromatic carbocycles. The molecule has 0 aliphatic heterocycles. The molecule has 4 nitrogen and oxygen atoms in total. The highest BCUT2D eigenvalue weighted by atomic mass is 79.9. The highest BCUT2D eigenvalue weighted by molar-refractivity contribution is 9.09. The van der Waals surface area contributed by atoms with Gasteiger partial charge in [0.1, 0.15) is 5.75 Å². The summed E-state index contributed by atoms with van der Waals surface area (Å²) in [4.78, 5) is 0. The highest BCUT2D eigenvalue weighted by Gasteiger charge is 2.10. The van der Waals surface area contributed by atoms with Gasteiger partial charge < -0.3 is 9.15 Å². The SMILES string of the molecule is BrCCCCOc1ccc(-c2nnc(-c3ccccc3)o2)cc1. The maximum atomic E-state index is 5.74. The molecule has 0 spiro atoms. The number of rotatable bonds is 7. The van der Waals surface area contributed by atoms with Crippen molar-refractivity contribution in [3.8, 4) is 28.7 Å². The lowest BCUT2D eigenvalue weighted by Crippen LogP contribution is -1.97. The molecule has 0 aliphatic rings. The van der Waals surface area contributed by atoms with Crippen molar-refractivity contribution in [1.82, 2.24) is 10.2 Å². The van der Waals surface area contributed by atoms with Crippen molar-refractivity contribution in [2.45, 2.75) is 12.8 Å². The lowest BCUT2D eigenvalue weighted by atomic mass is 10.2. The van der Waals surface area contributed by atoms with Gasteiger partial charge in [-0.15, -0.1) is 10.2 Å². The quantitative estimate of drug-likeness (QED) is 0.434. The Hall–Kier alpha value is -2.14. The summed E-state index contributed by atoms with van der Waals surface area (Å²) in [7, 11) is 0. The fourth-order valence-electron chi connectivity index (χ4n) is 2.12. The van der Waals surface area contributed by atoms with E-state index in [9.17, 15) is 0 Å². The summed E-state index contributed by atoms with van der Waals surface area (Å²) in [6, 6.07) is 17.5. The average Bonchev–Trinajstić information content (AvgIpc) is 3.10. The molecule has 0 radical (unpaired) electrons. The fraction of sp³-hybridized carbons (Fsp3) is 0.222. The summed E-state index contributed by atoms with van der Waals surface area (Å²) in [5, 5.41) is 9.23. The Labute approximate surface area is 143 Å². The van der Waals surface area contributed by atoms with Crippen molar-refractivity contribution in [2.24, 2.45) is 0 Å². The topological polar surface area (TPSA) is 48.2 Å². The van der Waals surface area contributed by atoms with Gasteiger partial charge >= 0.3 is 0 Å². The van der Waals surface area contributed by atoms with Gasteiger partial charge in [-0.05, 0) is 49.2 Å². The summed E-state index contributed by atoms with van der Waals surface area (Å²) < 4.78 is 11.4. The molecule has 23 heavy (non-hydrogen) atoms. The highest BCUT2D eigenvalue weighted by Crippen LogP contribution is 2.25. The lowest BCUT2D eigenvalue weighted by Gasteiger charge is -2.05. The van der Waals surface area contributed by atoms with Crippen LogP contribution in [0.25, 0.3) is 22.9 Å². The first-order valence-corrected chi connectivity index (χ1v) is 8.67. The van der Waals surface area contributed by atoms with E-state index in [2.05, 4.69) is 26.1 Å². The van der Waals surface area contributed by atoms with Gasteiger partial charge in [0, 0.05) is 16.5 Å². The van der Waals surface area contributed by atoms with Gasteiger partial charge in [0.25, 0.3) is 0 Å². The van der Waals surface area contributed by atoms with Crippen LogP contribution in [0.2, 0.25) is 0 Å². The van der Waals surface area contributed by atoms with Crippen molar-refractivity contribution in [2.75, 3.05) is 11.9 Å². The maximum absolute atomic E-state index is 5.74. The smallest absolute Gasteiger partial charge is 0.248 e. The average molecular weight is 373 g/mol. The Kier molecular flexibility index (Phi) is 5.42. The number of hydrogen-bond donors (Lipinski definition) is 0. The van der Waals surface area contributed by atoms with E-state index in [1.54, 1.807) is 0 Å². The predicted octanol–water partition coefficient (Wildman–Crippen LogP) is 4.96. The van der Waals surface area contributed by atoms with Crippen molar-refractivity contribution in [3.05, 3.63) is 54.6 Å². The largest absolute Gasteiger partial charge is 0.494 e. The standard InChI is InChI=1S/C18H17BrN2O2/c19-12-4-5-13-22-16-10-8-15(9-11-16)18-21-20-17(23-18)14-6-2-1-3-7-14/h1-3,6-11H,4-5,12-13H2. The van der Waals surface area contributed by atoms with Crippen LogP contribution in [0, 0.1) is 0 Å². The summed E-state index contributed by atoms with van der Waals surface area (Å²) in [6.07, 6.45) is 2.15. The molecule has 0 saturated heterocycles. The predicted molar refractivity (Wildman–Crippen MR) is 93.7 cm³/mol. The number of unbranched alkanes of at least 4 members (excludes halogenated alkanes) is 1. The Morgan fingerprint density at radius 3 is 2.13 bits per heavy atom. The number of benzene rings is 2. The lowest BCUT2D eigenvalue weighted by molar-refractivity contribution is 0.310. The van der Waals surface area contributed by atoms with Gasteiger partial charge in [0.2, 0.25) is 11.8 Å². The molecule has 0 bridgehead atoms. The maximum Gasteiger partial charge on any atom is 0.248 e. The molecule has 118 valence electrons.